The van der Waals surface area contributed by atoms with E-state index in [-0.39, 0.29) is 77.2 Å². The van der Waals surface area contributed by atoms with E-state index in [0.29, 0.717) is 45.6 Å². The van der Waals surface area contributed by atoms with Gasteiger partial charge in [-0.15, -0.1) is 0 Å². The first kappa shape index (κ1) is 50.3. The Bertz CT molecular complexity index is 1950. The maximum atomic E-state index is 13.6. The van der Waals surface area contributed by atoms with Crippen molar-refractivity contribution in [1.29, 1.82) is 0 Å². The predicted molar refractivity (Wildman–Crippen MR) is 229 cm³/mol. The minimum Gasteiger partial charge on any atom is -0.481 e. The zero-order valence-corrected chi connectivity index (χ0v) is 35.6. The van der Waals surface area contributed by atoms with Gasteiger partial charge in [0.1, 0.15) is 6.04 Å². The molecule has 0 spiro atoms. The fourth-order valence-electron chi connectivity index (χ4n) is 7.39. The predicted octanol–water partition coefficient (Wildman–Crippen LogP) is -0.125. The van der Waals surface area contributed by atoms with Gasteiger partial charge >= 0.3 is 23.9 Å². The van der Waals surface area contributed by atoms with Crippen molar-refractivity contribution in [2.24, 2.45) is 5.92 Å². The van der Waals surface area contributed by atoms with Crippen LogP contribution in [0, 0.1) is 5.92 Å². The number of nitrogens with zero attached hydrogens (tertiary/aromatic N) is 5. The van der Waals surface area contributed by atoms with Crippen LogP contribution in [0.4, 0.5) is 0 Å². The molecule has 0 saturated carbocycles. The van der Waals surface area contributed by atoms with Crippen LogP contribution in [0.1, 0.15) is 47.2 Å². The Kier molecular flexibility index (Phi) is 20.2. The van der Waals surface area contributed by atoms with E-state index in [2.05, 4.69) is 15.5 Å². The monoisotopic (exact) mass is 891 g/mol. The number of hydrogen-bond donors (Lipinski definition) is 6. The summed E-state index contributed by atoms with van der Waals surface area (Å²) in [5.41, 5.74) is 1.78. The number of benzene rings is 2. The SMILES string of the molecule is O=C(O)CN1CCN(CC(=O)O)CCN(Cc2ccc(C(=O)NC(Cc3ccccc3)C(=O)NCC(=O)CC(CCCCN3C(=O)C=CC3=O)C(=O)O)cc2)CCN(CC(=O)O)CC1. The van der Waals surface area contributed by atoms with Crippen molar-refractivity contribution in [2.75, 3.05) is 85.1 Å². The van der Waals surface area contributed by atoms with Gasteiger partial charge in [0.25, 0.3) is 17.7 Å². The number of rotatable bonds is 23. The Labute approximate surface area is 370 Å². The molecule has 2 aliphatic rings. The molecule has 2 aliphatic heterocycles. The van der Waals surface area contributed by atoms with Gasteiger partial charge < -0.3 is 31.1 Å². The van der Waals surface area contributed by atoms with Gasteiger partial charge in [-0.1, -0.05) is 48.9 Å². The average Bonchev–Trinajstić information content (AvgIpc) is 3.56. The fraction of sp³-hybridized carbons (Fsp3) is 0.477. The van der Waals surface area contributed by atoms with Gasteiger partial charge in [0, 0.05) is 96.0 Å². The van der Waals surface area contributed by atoms with Gasteiger partial charge in [0.05, 0.1) is 32.1 Å². The Balaban J connectivity index is 1.37. The van der Waals surface area contributed by atoms with Gasteiger partial charge in [-0.05, 0) is 36.1 Å². The summed E-state index contributed by atoms with van der Waals surface area (Å²) in [5, 5.41) is 43.5. The van der Waals surface area contributed by atoms with Crippen molar-refractivity contribution in [3.8, 4) is 0 Å². The molecule has 4 amide bonds. The molecule has 64 heavy (non-hydrogen) atoms. The summed E-state index contributed by atoms with van der Waals surface area (Å²) in [5.74, 6) is -7.93. The first-order chi connectivity index (χ1) is 30.6. The highest BCUT2D eigenvalue weighted by Crippen LogP contribution is 2.16. The van der Waals surface area contributed by atoms with E-state index < -0.39 is 71.8 Å². The number of carboxylic acid groups (broad SMARTS) is 4. The van der Waals surface area contributed by atoms with Gasteiger partial charge in [0.2, 0.25) is 5.91 Å². The van der Waals surface area contributed by atoms with Crippen LogP contribution in [0.25, 0.3) is 0 Å². The lowest BCUT2D eigenvalue weighted by Crippen LogP contribution is -2.49. The molecule has 2 atom stereocenters. The van der Waals surface area contributed by atoms with E-state index in [1.165, 1.54) is 12.2 Å². The summed E-state index contributed by atoms with van der Waals surface area (Å²) in [6.07, 6.45) is 2.89. The second kappa shape index (κ2) is 25.7. The van der Waals surface area contributed by atoms with E-state index in [9.17, 15) is 63.6 Å². The van der Waals surface area contributed by atoms with E-state index in [1.54, 1.807) is 69.3 Å². The van der Waals surface area contributed by atoms with Crippen LogP contribution in [0.2, 0.25) is 0 Å². The lowest BCUT2D eigenvalue weighted by atomic mass is 9.96. The number of Topliss-reactive ketones (excluding diaryl/α,β-unsaturated/α-hetero) is 1. The van der Waals surface area contributed by atoms with Crippen LogP contribution in [0.15, 0.2) is 66.7 Å². The van der Waals surface area contributed by atoms with Gasteiger partial charge in [-0.3, -0.25) is 67.7 Å². The molecule has 2 aromatic carbocycles. The van der Waals surface area contributed by atoms with E-state index >= 15 is 0 Å². The van der Waals surface area contributed by atoms with Crippen molar-refractivity contribution in [3.05, 3.63) is 83.4 Å². The van der Waals surface area contributed by atoms with E-state index in [1.807, 2.05) is 0 Å². The standard InChI is InChI=1S/C44H57N7O13/c52-35(25-34(44(63)64)8-4-5-15-51-37(53)13-14-38(51)54)26-45-43(62)36(24-31-6-2-1-3-7-31)46-42(61)33-11-9-32(10-12-33)27-47-16-18-48(28-39(55)56)20-22-50(30-41(59)60)23-21-49(19-17-47)29-40(57)58/h1-3,6-7,9-14,34,36H,4-5,8,15-30H2,(H,45,62)(H,46,61)(H,55,56)(H,57,58)(H,59,60)(H,63,64). The summed E-state index contributed by atoms with van der Waals surface area (Å²) < 4.78 is 0. The van der Waals surface area contributed by atoms with Gasteiger partial charge in [-0.25, -0.2) is 0 Å². The smallest absolute Gasteiger partial charge is 0.317 e. The Morgan fingerprint density at radius 1 is 0.609 bits per heavy atom. The van der Waals surface area contributed by atoms with Crippen molar-refractivity contribution in [3.63, 3.8) is 0 Å². The molecule has 0 radical (unpaired) electrons. The Hall–Kier alpha value is -6.35. The zero-order valence-electron chi connectivity index (χ0n) is 35.6. The molecule has 20 nitrogen and oxygen atoms in total. The number of carbonyl (C=O) groups excluding carboxylic acids is 5. The van der Waals surface area contributed by atoms with Crippen LogP contribution in [-0.2, 0) is 51.3 Å². The maximum Gasteiger partial charge on any atom is 0.317 e. The van der Waals surface area contributed by atoms with Crippen LogP contribution in [0.3, 0.4) is 0 Å². The number of unbranched alkanes of at least 4 members (excludes halogenated alkanes) is 1. The quantitative estimate of drug-likeness (QED) is 0.0627. The summed E-state index contributed by atoms with van der Waals surface area (Å²) in [7, 11) is 0. The summed E-state index contributed by atoms with van der Waals surface area (Å²) in [6.45, 7) is 1.91. The maximum absolute atomic E-state index is 13.6. The third-order valence-electron chi connectivity index (χ3n) is 10.9. The number of carboxylic acids is 4. The van der Waals surface area contributed by atoms with Crippen LogP contribution >= 0.6 is 0 Å². The Morgan fingerprint density at radius 3 is 1.59 bits per heavy atom. The molecule has 0 aliphatic carbocycles. The van der Waals surface area contributed by atoms with Crippen molar-refractivity contribution < 1.29 is 63.6 Å². The van der Waals surface area contributed by atoms with Crippen molar-refractivity contribution in [1.82, 2.24) is 35.1 Å². The number of amides is 4. The minimum atomic E-state index is -1.19. The summed E-state index contributed by atoms with van der Waals surface area (Å²) in [4.78, 5) is 119. The molecule has 0 bridgehead atoms. The highest BCUT2D eigenvalue weighted by molar-refractivity contribution is 6.12. The zero-order chi connectivity index (χ0) is 46.6. The lowest BCUT2D eigenvalue weighted by Gasteiger charge is -2.33. The molecular weight excluding hydrogens is 835 g/mol. The molecule has 4 rings (SSSR count). The first-order valence-electron chi connectivity index (χ1n) is 21.1. The highest BCUT2D eigenvalue weighted by atomic mass is 16.4. The van der Waals surface area contributed by atoms with Crippen molar-refractivity contribution in [2.45, 2.75) is 44.7 Å². The molecule has 6 N–H and O–H groups in total. The topological polar surface area (TPSA) is 275 Å². The van der Waals surface area contributed by atoms with E-state index in [4.69, 9.17) is 0 Å². The number of imide groups is 1. The minimum absolute atomic E-state index is 0.0876. The largest absolute Gasteiger partial charge is 0.481 e. The van der Waals surface area contributed by atoms with Crippen LogP contribution in [-0.4, -0.2) is 189 Å². The number of hydrogen-bond acceptors (Lipinski definition) is 13. The van der Waals surface area contributed by atoms with Crippen molar-refractivity contribution >= 4 is 53.3 Å². The van der Waals surface area contributed by atoms with E-state index in [0.717, 1.165) is 16.0 Å². The molecule has 2 unspecified atom stereocenters. The molecule has 346 valence electrons. The molecule has 1 fully saturated rings. The third kappa shape index (κ3) is 17.8. The first-order valence-corrected chi connectivity index (χ1v) is 21.1. The second-order valence-corrected chi connectivity index (χ2v) is 15.9. The Morgan fingerprint density at radius 2 is 1.11 bits per heavy atom. The summed E-state index contributed by atoms with van der Waals surface area (Å²) in [6, 6.07) is 14.5. The number of aliphatic carboxylic acids is 4. The van der Waals surface area contributed by atoms with Gasteiger partial charge in [0.15, 0.2) is 5.78 Å². The summed E-state index contributed by atoms with van der Waals surface area (Å²) >= 11 is 0. The number of ketones is 1. The molecular formula is C44H57N7O13. The normalized spacial score (nSPS) is 16.9. The lowest BCUT2D eigenvalue weighted by molar-refractivity contribution is -0.144. The van der Waals surface area contributed by atoms with Crippen LogP contribution in [0.5, 0.6) is 0 Å². The molecule has 20 heteroatoms. The highest BCUT2D eigenvalue weighted by Gasteiger charge is 2.27. The second-order valence-electron chi connectivity index (χ2n) is 15.9. The average molecular weight is 892 g/mol. The fourth-order valence-corrected chi connectivity index (χ4v) is 7.39. The molecule has 2 aromatic rings. The number of nitrogens with one attached hydrogen (secondary N) is 2. The molecule has 1 saturated heterocycles. The molecule has 0 aromatic heterocycles. The van der Waals surface area contributed by atoms with Gasteiger partial charge in [-0.2, -0.15) is 0 Å². The van der Waals surface area contributed by atoms with Crippen LogP contribution < -0.4 is 10.6 Å². The third-order valence-corrected chi connectivity index (χ3v) is 10.9. The molecule has 2 heterocycles. The number of carbonyl (C=O) groups is 9.